The van der Waals surface area contributed by atoms with E-state index < -0.39 is 0 Å². The van der Waals surface area contributed by atoms with Crippen LogP contribution in [0.4, 0.5) is 0 Å². The lowest BCUT2D eigenvalue weighted by Crippen LogP contribution is -2.43. The molecular formula is C22H48NO+. The van der Waals surface area contributed by atoms with Crippen LogP contribution in [0.3, 0.4) is 0 Å². The van der Waals surface area contributed by atoms with Crippen molar-refractivity contribution in [1.29, 1.82) is 0 Å². The van der Waals surface area contributed by atoms with Gasteiger partial charge in [-0.15, -0.1) is 0 Å². The van der Waals surface area contributed by atoms with Gasteiger partial charge in [0.1, 0.15) is 12.6 Å². The first-order valence-electron chi connectivity index (χ1n) is 11.1. The molecule has 0 aromatic carbocycles. The minimum Gasteiger partial charge on any atom is -0.200 e. The van der Waals surface area contributed by atoms with Crippen LogP contribution in [0.15, 0.2) is 0 Å². The number of hydroxylamine groups is 3. The maximum atomic E-state index is 6.35. The highest BCUT2D eigenvalue weighted by atomic mass is 16.7. The maximum Gasteiger partial charge on any atom is 0.117 e. The predicted molar refractivity (Wildman–Crippen MR) is 108 cm³/mol. The Kier molecular flexibility index (Phi) is 16.3. The zero-order valence-electron chi connectivity index (χ0n) is 17.7. The molecular weight excluding hydrogens is 294 g/mol. The van der Waals surface area contributed by atoms with Gasteiger partial charge in [-0.25, -0.2) is 4.84 Å². The van der Waals surface area contributed by atoms with Gasteiger partial charge in [-0.1, -0.05) is 91.4 Å². The minimum atomic E-state index is 0.440. The first-order chi connectivity index (χ1) is 11.6. The van der Waals surface area contributed by atoms with E-state index in [1.54, 1.807) is 0 Å². The van der Waals surface area contributed by atoms with Crippen LogP contribution in [0.1, 0.15) is 117 Å². The molecule has 0 N–H and O–H groups in total. The fourth-order valence-corrected chi connectivity index (χ4v) is 3.39. The maximum absolute atomic E-state index is 6.35. The average Bonchev–Trinajstić information content (AvgIpc) is 2.55. The quantitative estimate of drug-likeness (QED) is 0.144. The van der Waals surface area contributed by atoms with Crippen molar-refractivity contribution < 1.29 is 9.48 Å². The SMILES string of the molecule is CCCCCCCCCCCC[N+](C)(C)OC(CC)CCCCC. The van der Waals surface area contributed by atoms with E-state index in [4.69, 9.17) is 4.84 Å². The lowest BCUT2D eigenvalue weighted by molar-refractivity contribution is -1.08. The van der Waals surface area contributed by atoms with E-state index in [1.165, 1.54) is 89.9 Å². The Morgan fingerprint density at radius 3 is 1.58 bits per heavy atom. The molecule has 0 spiro atoms. The second-order valence-corrected chi connectivity index (χ2v) is 8.11. The van der Waals surface area contributed by atoms with Crippen molar-refractivity contribution >= 4 is 0 Å². The van der Waals surface area contributed by atoms with Gasteiger partial charge in [-0.3, -0.25) is 0 Å². The second kappa shape index (κ2) is 16.4. The third kappa shape index (κ3) is 15.4. The van der Waals surface area contributed by atoms with Crippen LogP contribution >= 0.6 is 0 Å². The Hall–Kier alpha value is -0.0800. The third-order valence-corrected chi connectivity index (χ3v) is 5.07. The number of nitrogens with zero attached hydrogens (tertiary/aromatic N) is 1. The van der Waals surface area contributed by atoms with Gasteiger partial charge in [0.2, 0.25) is 0 Å². The molecule has 0 saturated heterocycles. The first-order valence-corrected chi connectivity index (χ1v) is 11.1. The molecule has 1 unspecified atom stereocenters. The smallest absolute Gasteiger partial charge is 0.117 e. The third-order valence-electron chi connectivity index (χ3n) is 5.07. The summed E-state index contributed by atoms with van der Waals surface area (Å²) >= 11 is 0. The Balaban J connectivity index is 3.61. The van der Waals surface area contributed by atoms with E-state index >= 15 is 0 Å². The van der Waals surface area contributed by atoms with Gasteiger partial charge in [0, 0.05) is 0 Å². The van der Waals surface area contributed by atoms with Crippen LogP contribution in [-0.4, -0.2) is 31.4 Å². The van der Waals surface area contributed by atoms with Crippen molar-refractivity contribution in [2.24, 2.45) is 0 Å². The van der Waals surface area contributed by atoms with Crippen LogP contribution in [0, 0.1) is 0 Å². The van der Waals surface area contributed by atoms with E-state index in [9.17, 15) is 0 Å². The van der Waals surface area contributed by atoms with Crippen molar-refractivity contribution in [3.63, 3.8) is 0 Å². The fourth-order valence-electron chi connectivity index (χ4n) is 3.39. The molecule has 0 rings (SSSR count). The molecule has 0 amide bonds. The molecule has 0 heterocycles. The molecule has 0 bridgehead atoms. The van der Waals surface area contributed by atoms with Crippen LogP contribution in [-0.2, 0) is 4.84 Å². The Labute approximate surface area is 153 Å². The lowest BCUT2D eigenvalue weighted by Gasteiger charge is -2.31. The van der Waals surface area contributed by atoms with Crippen molar-refractivity contribution in [2.45, 2.75) is 123 Å². The van der Waals surface area contributed by atoms with Crippen molar-refractivity contribution in [1.82, 2.24) is 0 Å². The molecule has 0 aliphatic heterocycles. The minimum absolute atomic E-state index is 0.440. The number of hydrogen-bond acceptors (Lipinski definition) is 1. The number of hydrogen-bond donors (Lipinski definition) is 0. The zero-order chi connectivity index (χ0) is 18.1. The van der Waals surface area contributed by atoms with E-state index in [-0.39, 0.29) is 0 Å². The number of quaternary nitrogens is 1. The predicted octanol–water partition coefficient (Wildman–Crippen LogP) is 7.27. The summed E-state index contributed by atoms with van der Waals surface area (Å²) in [5, 5.41) is 0. The average molecular weight is 343 g/mol. The largest absolute Gasteiger partial charge is 0.200 e. The molecule has 1 atom stereocenters. The molecule has 24 heavy (non-hydrogen) atoms. The molecule has 2 nitrogen and oxygen atoms in total. The molecule has 0 aliphatic carbocycles. The first kappa shape index (κ1) is 23.9. The normalized spacial score (nSPS) is 13.4. The summed E-state index contributed by atoms with van der Waals surface area (Å²) in [4.78, 5) is 6.35. The summed E-state index contributed by atoms with van der Waals surface area (Å²) in [6, 6.07) is 0. The van der Waals surface area contributed by atoms with Crippen LogP contribution in [0.5, 0.6) is 0 Å². The topological polar surface area (TPSA) is 9.23 Å². The highest BCUT2D eigenvalue weighted by Crippen LogP contribution is 2.16. The Bertz CT molecular complexity index is 252. The fraction of sp³-hybridized carbons (Fsp3) is 1.00. The monoisotopic (exact) mass is 342 g/mol. The van der Waals surface area contributed by atoms with E-state index in [1.807, 2.05) is 0 Å². The van der Waals surface area contributed by atoms with Gasteiger partial charge >= 0.3 is 0 Å². The van der Waals surface area contributed by atoms with Gasteiger partial charge < -0.3 is 0 Å². The molecule has 2 heteroatoms. The van der Waals surface area contributed by atoms with Crippen LogP contribution in [0.25, 0.3) is 0 Å². The summed E-state index contributed by atoms with van der Waals surface area (Å²) in [7, 11) is 4.46. The van der Waals surface area contributed by atoms with Crippen LogP contribution in [0.2, 0.25) is 0 Å². The Morgan fingerprint density at radius 2 is 1.08 bits per heavy atom. The van der Waals surface area contributed by atoms with Gasteiger partial charge in [0.15, 0.2) is 0 Å². The molecule has 0 fully saturated rings. The van der Waals surface area contributed by atoms with E-state index in [0.29, 0.717) is 6.10 Å². The van der Waals surface area contributed by atoms with Crippen molar-refractivity contribution in [3.05, 3.63) is 0 Å². The summed E-state index contributed by atoms with van der Waals surface area (Å²) in [5.74, 6) is 0. The molecule has 0 aliphatic rings. The van der Waals surface area contributed by atoms with Gasteiger partial charge in [-0.05, 0) is 25.7 Å². The van der Waals surface area contributed by atoms with Crippen molar-refractivity contribution in [2.75, 3.05) is 20.6 Å². The molecule has 146 valence electrons. The summed E-state index contributed by atoms with van der Waals surface area (Å²) in [6.45, 7) is 7.97. The molecule has 0 aromatic heterocycles. The van der Waals surface area contributed by atoms with Crippen molar-refractivity contribution in [3.8, 4) is 0 Å². The lowest BCUT2D eigenvalue weighted by atomic mass is 10.1. The molecule has 0 radical (unpaired) electrons. The van der Waals surface area contributed by atoms with Gasteiger partial charge in [-0.2, -0.15) is 4.65 Å². The van der Waals surface area contributed by atoms with Gasteiger partial charge in [0.05, 0.1) is 14.1 Å². The highest BCUT2D eigenvalue weighted by molar-refractivity contribution is 4.53. The second-order valence-electron chi connectivity index (χ2n) is 8.11. The molecule has 0 saturated carbocycles. The van der Waals surface area contributed by atoms with Gasteiger partial charge in [0.25, 0.3) is 0 Å². The van der Waals surface area contributed by atoms with E-state index in [2.05, 4.69) is 34.9 Å². The van der Waals surface area contributed by atoms with E-state index in [0.717, 1.165) is 17.6 Å². The summed E-state index contributed by atoms with van der Waals surface area (Å²) < 4.78 is 0.738. The highest BCUT2D eigenvalue weighted by Gasteiger charge is 2.21. The standard InChI is InChI=1S/C22H48NO/c1-6-9-11-12-13-14-15-16-17-19-21-23(4,5)24-22(8-3)20-18-10-7-2/h22H,6-21H2,1-5H3/q+1. The molecule has 0 aromatic rings. The number of rotatable bonds is 18. The summed E-state index contributed by atoms with van der Waals surface area (Å²) in [5.41, 5.74) is 0. The Morgan fingerprint density at radius 1 is 0.625 bits per heavy atom. The summed E-state index contributed by atoms with van der Waals surface area (Å²) in [6.07, 6.45) is 20.8. The number of unbranched alkanes of at least 4 members (excludes halogenated alkanes) is 11. The zero-order valence-corrected chi connectivity index (χ0v) is 17.7. The van der Waals surface area contributed by atoms with Crippen LogP contribution < -0.4 is 0 Å².